The van der Waals surface area contributed by atoms with Gasteiger partial charge in [-0.3, -0.25) is 9.59 Å². The van der Waals surface area contributed by atoms with Crippen molar-refractivity contribution < 1.29 is 9.59 Å². The van der Waals surface area contributed by atoms with E-state index in [1.54, 1.807) is 0 Å². The third-order valence-corrected chi connectivity index (χ3v) is 8.94. The highest BCUT2D eigenvalue weighted by molar-refractivity contribution is 8.00. The maximum Gasteiger partial charge on any atom is 0.255 e. The van der Waals surface area contributed by atoms with E-state index in [1.165, 1.54) is 23.1 Å². The number of nitrogens with one attached hydrogen (secondary N) is 2. The van der Waals surface area contributed by atoms with Gasteiger partial charge in [0.1, 0.15) is 5.25 Å². The van der Waals surface area contributed by atoms with Gasteiger partial charge in [-0.15, -0.1) is 23.1 Å². The third kappa shape index (κ3) is 6.28. The number of benzene rings is 5. The summed E-state index contributed by atoms with van der Waals surface area (Å²) < 4.78 is 0. The largest absolute Gasteiger partial charge is 0.322 e. The number of nitrogens with zero attached hydrogens (tertiary/aromatic N) is 1. The Bertz CT molecular complexity index is 1850. The number of hydrogen-bond acceptors (Lipinski definition) is 5. The molecule has 0 radical (unpaired) electrons. The van der Waals surface area contributed by atoms with Crippen LogP contribution in [0, 0.1) is 6.92 Å². The number of thioether (sulfide) groups is 1. The summed E-state index contributed by atoms with van der Waals surface area (Å²) in [5.74, 6) is -0.315. The van der Waals surface area contributed by atoms with Crippen LogP contribution in [0.5, 0.6) is 0 Å². The molecule has 6 rings (SSSR count). The minimum Gasteiger partial charge on any atom is -0.322 e. The second-order valence-electron chi connectivity index (χ2n) is 9.73. The van der Waals surface area contributed by atoms with Crippen LogP contribution in [0.15, 0.2) is 132 Å². The Hall–Kier alpha value is -4.72. The number of aryl methyl sites for hydroxylation is 1. The molecule has 0 aliphatic rings. The molecule has 0 aliphatic heterocycles. The van der Waals surface area contributed by atoms with Gasteiger partial charge in [-0.1, -0.05) is 91.0 Å². The van der Waals surface area contributed by atoms with Crippen molar-refractivity contribution >= 4 is 56.5 Å². The Labute approximate surface area is 252 Å². The van der Waals surface area contributed by atoms with Gasteiger partial charge in [-0.25, -0.2) is 4.98 Å². The molecule has 6 aromatic rings. The second-order valence-corrected chi connectivity index (χ2v) is 12.1. The SMILES string of the molecule is Cc1sc(NC(=O)C(Sc2ccc(NC(=O)c3ccc4ccccc4c3)cc2)c2ccccc2)nc1-c1ccccc1. The van der Waals surface area contributed by atoms with E-state index in [1.807, 2.05) is 134 Å². The normalized spacial score (nSPS) is 11.6. The van der Waals surface area contributed by atoms with E-state index in [0.717, 1.165) is 37.4 Å². The van der Waals surface area contributed by atoms with E-state index in [9.17, 15) is 9.59 Å². The van der Waals surface area contributed by atoms with Crippen molar-refractivity contribution in [1.29, 1.82) is 0 Å². The van der Waals surface area contributed by atoms with Gasteiger partial charge in [0.2, 0.25) is 5.91 Å². The first-order chi connectivity index (χ1) is 20.5. The van der Waals surface area contributed by atoms with Crippen molar-refractivity contribution in [3.05, 3.63) is 143 Å². The van der Waals surface area contributed by atoms with Crippen molar-refractivity contribution in [2.24, 2.45) is 0 Å². The standard InChI is InChI=1S/C35H27N3O2S2/c1-23-31(25-11-4-2-5-12-25)37-35(41-23)38-34(40)32(26-13-6-3-7-14-26)42-30-20-18-29(19-21-30)36-33(39)28-17-16-24-10-8-9-15-27(24)22-28/h2-22,32H,1H3,(H,36,39)(H,37,38,40). The van der Waals surface area contributed by atoms with Gasteiger partial charge in [-0.2, -0.15) is 0 Å². The molecule has 5 aromatic carbocycles. The van der Waals surface area contributed by atoms with E-state index < -0.39 is 5.25 Å². The fraction of sp³-hybridized carbons (Fsp3) is 0.0571. The number of anilines is 2. The van der Waals surface area contributed by atoms with Gasteiger partial charge < -0.3 is 10.6 Å². The zero-order valence-electron chi connectivity index (χ0n) is 22.8. The van der Waals surface area contributed by atoms with Crippen LogP contribution in [-0.2, 0) is 4.79 Å². The highest BCUT2D eigenvalue weighted by Crippen LogP contribution is 2.38. The van der Waals surface area contributed by atoms with Gasteiger partial charge in [-0.05, 0) is 59.7 Å². The Morgan fingerprint density at radius 3 is 2.14 bits per heavy atom. The average Bonchev–Trinajstić information content (AvgIpc) is 3.40. The lowest BCUT2D eigenvalue weighted by atomic mass is 10.1. The Kier molecular flexibility index (Phi) is 8.12. The molecule has 1 atom stereocenters. The lowest BCUT2D eigenvalue weighted by Crippen LogP contribution is -2.19. The molecule has 0 aliphatic carbocycles. The molecule has 0 bridgehead atoms. The predicted molar refractivity (Wildman–Crippen MR) is 174 cm³/mol. The lowest BCUT2D eigenvalue weighted by molar-refractivity contribution is -0.115. The summed E-state index contributed by atoms with van der Waals surface area (Å²) in [6, 6.07) is 40.9. The minimum absolute atomic E-state index is 0.145. The number of rotatable bonds is 8. The van der Waals surface area contributed by atoms with Crippen molar-refractivity contribution in [2.75, 3.05) is 10.6 Å². The fourth-order valence-corrected chi connectivity index (χ4v) is 6.54. The smallest absolute Gasteiger partial charge is 0.255 e. The quantitative estimate of drug-likeness (QED) is 0.175. The maximum absolute atomic E-state index is 13.6. The van der Waals surface area contributed by atoms with Crippen molar-refractivity contribution in [1.82, 2.24) is 4.98 Å². The molecular weight excluding hydrogens is 559 g/mol. The second kappa shape index (κ2) is 12.4. The molecule has 0 fully saturated rings. The minimum atomic E-state index is -0.492. The molecular formula is C35H27N3O2S2. The molecule has 206 valence electrons. The van der Waals surface area contributed by atoms with Crippen LogP contribution in [0.3, 0.4) is 0 Å². The molecule has 5 nitrogen and oxygen atoms in total. The molecule has 1 aromatic heterocycles. The zero-order chi connectivity index (χ0) is 28.9. The highest BCUT2D eigenvalue weighted by atomic mass is 32.2. The number of aromatic nitrogens is 1. The molecule has 0 spiro atoms. The topological polar surface area (TPSA) is 71.1 Å². The first-order valence-corrected chi connectivity index (χ1v) is 15.2. The molecule has 2 amide bonds. The Balaban J connectivity index is 1.17. The summed E-state index contributed by atoms with van der Waals surface area (Å²) in [7, 11) is 0. The van der Waals surface area contributed by atoms with E-state index in [0.29, 0.717) is 16.4 Å². The molecule has 1 heterocycles. The van der Waals surface area contributed by atoms with Gasteiger partial charge >= 0.3 is 0 Å². The monoisotopic (exact) mass is 585 g/mol. The van der Waals surface area contributed by atoms with Crippen molar-refractivity contribution in [3.63, 3.8) is 0 Å². The summed E-state index contributed by atoms with van der Waals surface area (Å²) in [5, 5.41) is 8.22. The van der Waals surface area contributed by atoms with E-state index in [2.05, 4.69) is 10.6 Å². The van der Waals surface area contributed by atoms with E-state index >= 15 is 0 Å². The average molecular weight is 586 g/mol. The molecule has 1 unspecified atom stereocenters. The van der Waals surface area contributed by atoms with Gasteiger partial charge in [0.15, 0.2) is 5.13 Å². The van der Waals surface area contributed by atoms with Crippen molar-refractivity contribution in [3.8, 4) is 11.3 Å². The maximum atomic E-state index is 13.6. The lowest BCUT2D eigenvalue weighted by Gasteiger charge is -2.16. The Morgan fingerprint density at radius 1 is 0.738 bits per heavy atom. The number of fused-ring (bicyclic) bond motifs is 1. The Morgan fingerprint density at radius 2 is 1.40 bits per heavy atom. The predicted octanol–water partition coefficient (Wildman–Crippen LogP) is 9.00. The zero-order valence-corrected chi connectivity index (χ0v) is 24.4. The van der Waals surface area contributed by atoms with Crippen LogP contribution in [-0.4, -0.2) is 16.8 Å². The molecule has 42 heavy (non-hydrogen) atoms. The van der Waals surface area contributed by atoms with Gasteiger partial charge in [0.25, 0.3) is 5.91 Å². The van der Waals surface area contributed by atoms with Crippen LogP contribution >= 0.6 is 23.1 Å². The van der Waals surface area contributed by atoms with Crippen LogP contribution in [0.2, 0.25) is 0 Å². The first kappa shape index (κ1) is 27.4. The van der Waals surface area contributed by atoms with E-state index in [-0.39, 0.29) is 11.8 Å². The van der Waals surface area contributed by atoms with E-state index in [4.69, 9.17) is 4.98 Å². The van der Waals surface area contributed by atoms with Crippen molar-refractivity contribution in [2.45, 2.75) is 17.1 Å². The van der Waals surface area contributed by atoms with Gasteiger partial charge in [0.05, 0.1) is 5.69 Å². The fourth-order valence-electron chi connectivity index (χ4n) is 4.67. The molecule has 0 saturated heterocycles. The summed E-state index contributed by atoms with van der Waals surface area (Å²) in [6.07, 6.45) is 0. The highest BCUT2D eigenvalue weighted by Gasteiger charge is 2.24. The van der Waals surface area contributed by atoms with Crippen LogP contribution in [0.25, 0.3) is 22.0 Å². The number of carbonyl (C=O) groups is 2. The first-order valence-electron chi connectivity index (χ1n) is 13.5. The van der Waals surface area contributed by atoms with Crippen LogP contribution in [0.4, 0.5) is 10.8 Å². The summed E-state index contributed by atoms with van der Waals surface area (Å²) in [6.45, 7) is 2.01. The molecule has 0 saturated carbocycles. The number of hydrogen-bond donors (Lipinski definition) is 2. The third-order valence-electron chi connectivity index (χ3n) is 6.79. The van der Waals surface area contributed by atoms with Crippen LogP contribution in [0.1, 0.15) is 26.0 Å². The number of amides is 2. The molecule has 7 heteroatoms. The number of carbonyl (C=O) groups excluding carboxylic acids is 2. The molecule has 2 N–H and O–H groups in total. The van der Waals surface area contributed by atoms with Crippen LogP contribution < -0.4 is 10.6 Å². The summed E-state index contributed by atoms with van der Waals surface area (Å²) >= 11 is 2.92. The summed E-state index contributed by atoms with van der Waals surface area (Å²) in [5.41, 5.74) is 4.07. The summed E-state index contributed by atoms with van der Waals surface area (Å²) in [4.78, 5) is 33.2. The van der Waals surface area contributed by atoms with Gasteiger partial charge in [0, 0.05) is 26.6 Å². The number of thiazole rings is 1.